The molecule has 1 aromatic rings. The Bertz CT molecular complexity index is 686. The van der Waals surface area contributed by atoms with Crippen molar-refractivity contribution in [3.8, 4) is 5.75 Å². The number of amides is 1. The summed E-state index contributed by atoms with van der Waals surface area (Å²) in [5.74, 6) is 0.0835. The molecule has 6 nitrogen and oxygen atoms in total. The lowest BCUT2D eigenvalue weighted by Gasteiger charge is -2.44. The fraction of sp³-hybridized carbons (Fsp3) is 0.444. The van der Waals surface area contributed by atoms with Crippen LogP contribution in [0.25, 0.3) is 6.08 Å². The highest BCUT2D eigenvalue weighted by atomic mass is 16.5. The maximum absolute atomic E-state index is 12.7. The number of likely N-dealkylation sites (N-methyl/N-ethyl adjacent to an activating group) is 1. The normalized spacial score (nSPS) is 24.0. The van der Waals surface area contributed by atoms with E-state index in [2.05, 4.69) is 11.8 Å². The number of ketones is 1. The first kappa shape index (κ1) is 16.7. The molecule has 6 heteroatoms. The number of nitrogens with zero attached hydrogens (tertiary/aromatic N) is 1. The van der Waals surface area contributed by atoms with E-state index in [0.717, 1.165) is 32.5 Å². The molecular weight excluding hydrogens is 308 g/mol. The fourth-order valence-electron chi connectivity index (χ4n) is 3.51. The molecule has 2 aliphatic rings. The Labute approximate surface area is 141 Å². The molecule has 24 heavy (non-hydrogen) atoms. The zero-order chi connectivity index (χ0) is 17.2. The Morgan fingerprint density at radius 2 is 2.33 bits per heavy atom. The third kappa shape index (κ3) is 3.34. The van der Waals surface area contributed by atoms with Gasteiger partial charge in [0.05, 0.1) is 12.0 Å². The maximum Gasteiger partial charge on any atom is 0.267 e. The molecule has 0 radical (unpaired) electrons. The minimum absolute atomic E-state index is 0.0797. The maximum atomic E-state index is 12.7. The zero-order valence-corrected chi connectivity index (χ0v) is 13.7. The van der Waals surface area contributed by atoms with E-state index in [4.69, 9.17) is 9.94 Å². The fourth-order valence-corrected chi connectivity index (χ4v) is 3.51. The highest BCUT2D eigenvalue weighted by Crippen LogP contribution is 2.38. The number of hydrogen-bond donors (Lipinski definition) is 2. The molecule has 1 saturated heterocycles. The van der Waals surface area contributed by atoms with Crippen LogP contribution in [0.15, 0.2) is 24.3 Å². The molecule has 2 heterocycles. The lowest BCUT2D eigenvalue weighted by molar-refractivity contribution is -0.124. The first-order chi connectivity index (χ1) is 11.5. The minimum atomic E-state index is -0.615. The lowest BCUT2D eigenvalue weighted by atomic mass is 9.83. The SMILES string of the molecule is CCN1CCCC2(CC(=O)c3cc(C=CC(=O)NO)ccc3O2)C1. The number of fused-ring (bicyclic) bond motifs is 1. The number of carbonyl (C=O) groups excluding carboxylic acids is 2. The van der Waals surface area contributed by atoms with Crippen LogP contribution in [0.1, 0.15) is 42.1 Å². The average Bonchev–Trinajstić information content (AvgIpc) is 2.59. The topological polar surface area (TPSA) is 78.9 Å². The summed E-state index contributed by atoms with van der Waals surface area (Å²) in [6.45, 7) is 4.92. The number of rotatable bonds is 3. The molecule has 0 saturated carbocycles. The molecule has 128 valence electrons. The summed E-state index contributed by atoms with van der Waals surface area (Å²) >= 11 is 0. The van der Waals surface area contributed by atoms with E-state index >= 15 is 0 Å². The second-order valence-electron chi connectivity index (χ2n) is 6.42. The summed E-state index contributed by atoms with van der Waals surface area (Å²) in [5.41, 5.74) is 2.39. The summed E-state index contributed by atoms with van der Waals surface area (Å²) in [6.07, 6.45) is 5.07. The van der Waals surface area contributed by atoms with E-state index in [-0.39, 0.29) is 5.78 Å². The van der Waals surface area contributed by atoms with Gasteiger partial charge in [-0.05, 0) is 49.7 Å². The molecule has 0 bridgehead atoms. The van der Waals surface area contributed by atoms with Crippen LogP contribution in [-0.4, -0.2) is 47.0 Å². The summed E-state index contributed by atoms with van der Waals surface area (Å²) in [5, 5.41) is 8.50. The second kappa shape index (κ2) is 6.75. The summed E-state index contributed by atoms with van der Waals surface area (Å²) in [6, 6.07) is 5.31. The zero-order valence-electron chi connectivity index (χ0n) is 13.7. The van der Waals surface area contributed by atoms with Gasteiger partial charge in [0.1, 0.15) is 11.4 Å². The number of hydrogen-bond acceptors (Lipinski definition) is 5. The van der Waals surface area contributed by atoms with Gasteiger partial charge in [0.25, 0.3) is 5.91 Å². The van der Waals surface area contributed by atoms with Crippen molar-refractivity contribution < 1.29 is 19.5 Å². The van der Waals surface area contributed by atoms with Gasteiger partial charge in [0.2, 0.25) is 0 Å². The molecule has 1 amide bonds. The van der Waals surface area contributed by atoms with Crippen LogP contribution in [0.3, 0.4) is 0 Å². The van der Waals surface area contributed by atoms with Crippen LogP contribution in [-0.2, 0) is 4.79 Å². The summed E-state index contributed by atoms with van der Waals surface area (Å²) < 4.78 is 6.26. The Morgan fingerprint density at radius 3 is 3.08 bits per heavy atom. The predicted octanol–water partition coefficient (Wildman–Crippen LogP) is 2.02. The van der Waals surface area contributed by atoms with Crippen LogP contribution in [0.2, 0.25) is 0 Å². The Hall–Kier alpha value is -2.18. The number of benzene rings is 1. The predicted molar refractivity (Wildman–Crippen MR) is 89.1 cm³/mol. The number of piperidine rings is 1. The second-order valence-corrected chi connectivity index (χ2v) is 6.42. The van der Waals surface area contributed by atoms with Crippen molar-refractivity contribution in [2.24, 2.45) is 0 Å². The van der Waals surface area contributed by atoms with Gasteiger partial charge in [0.15, 0.2) is 5.78 Å². The van der Waals surface area contributed by atoms with Gasteiger partial charge >= 0.3 is 0 Å². The number of nitrogens with one attached hydrogen (secondary N) is 1. The van der Waals surface area contributed by atoms with E-state index < -0.39 is 11.5 Å². The van der Waals surface area contributed by atoms with Crippen molar-refractivity contribution in [3.63, 3.8) is 0 Å². The molecule has 2 N–H and O–H groups in total. The van der Waals surface area contributed by atoms with Crippen LogP contribution in [0.5, 0.6) is 5.75 Å². The van der Waals surface area contributed by atoms with Gasteiger partial charge in [-0.3, -0.25) is 19.7 Å². The van der Waals surface area contributed by atoms with Crippen LogP contribution < -0.4 is 10.2 Å². The minimum Gasteiger partial charge on any atom is -0.485 e. The van der Waals surface area contributed by atoms with Crippen molar-refractivity contribution in [1.29, 1.82) is 0 Å². The van der Waals surface area contributed by atoms with E-state index in [1.807, 2.05) is 0 Å². The largest absolute Gasteiger partial charge is 0.485 e. The third-order valence-corrected chi connectivity index (χ3v) is 4.72. The third-order valence-electron chi connectivity index (χ3n) is 4.72. The number of Topliss-reactive ketones (excluding diaryl/α,β-unsaturated/α-hetero) is 1. The standard InChI is InChI=1S/C18H22N2O4/c1-2-20-9-3-8-18(12-20)11-15(21)14-10-13(4-6-16(14)24-18)5-7-17(22)19-23/h4-7,10,23H,2-3,8-9,11-12H2,1H3,(H,19,22). The van der Waals surface area contributed by atoms with Crippen molar-refractivity contribution in [2.75, 3.05) is 19.6 Å². The molecule has 1 fully saturated rings. The monoisotopic (exact) mass is 330 g/mol. The Kier molecular flexibility index (Phi) is 4.69. The quantitative estimate of drug-likeness (QED) is 0.504. The first-order valence-corrected chi connectivity index (χ1v) is 8.26. The number of carbonyl (C=O) groups is 2. The molecule has 1 spiro atoms. The highest BCUT2D eigenvalue weighted by Gasteiger charge is 2.43. The smallest absolute Gasteiger partial charge is 0.267 e. The molecule has 1 unspecified atom stereocenters. The Balaban J connectivity index is 1.83. The van der Waals surface area contributed by atoms with E-state index in [0.29, 0.717) is 23.3 Å². The lowest BCUT2D eigenvalue weighted by Crippen LogP contribution is -2.54. The molecule has 3 rings (SSSR count). The summed E-state index contributed by atoms with van der Waals surface area (Å²) in [7, 11) is 0. The van der Waals surface area contributed by atoms with Crippen LogP contribution >= 0.6 is 0 Å². The van der Waals surface area contributed by atoms with Gasteiger partial charge in [-0.2, -0.15) is 0 Å². The average molecular weight is 330 g/mol. The number of ether oxygens (including phenoxy) is 1. The molecule has 2 aliphatic heterocycles. The Morgan fingerprint density at radius 1 is 1.50 bits per heavy atom. The molecule has 1 aromatic carbocycles. The van der Waals surface area contributed by atoms with Crippen LogP contribution in [0.4, 0.5) is 0 Å². The van der Waals surface area contributed by atoms with Gasteiger partial charge < -0.3 is 4.74 Å². The summed E-state index contributed by atoms with van der Waals surface area (Å²) in [4.78, 5) is 26.0. The van der Waals surface area contributed by atoms with Gasteiger partial charge in [-0.1, -0.05) is 13.0 Å². The van der Waals surface area contributed by atoms with Crippen molar-refractivity contribution >= 4 is 17.8 Å². The van der Waals surface area contributed by atoms with Crippen molar-refractivity contribution in [2.45, 2.75) is 31.8 Å². The van der Waals surface area contributed by atoms with Gasteiger partial charge in [-0.25, -0.2) is 5.48 Å². The van der Waals surface area contributed by atoms with Crippen LogP contribution in [0, 0.1) is 0 Å². The number of likely N-dealkylation sites (tertiary alicyclic amines) is 1. The first-order valence-electron chi connectivity index (χ1n) is 8.26. The van der Waals surface area contributed by atoms with Gasteiger partial charge in [0, 0.05) is 12.6 Å². The van der Waals surface area contributed by atoms with Crippen molar-refractivity contribution in [3.05, 3.63) is 35.4 Å². The molecule has 0 aliphatic carbocycles. The van der Waals surface area contributed by atoms with Crippen molar-refractivity contribution in [1.82, 2.24) is 10.4 Å². The molecular formula is C18H22N2O4. The highest BCUT2D eigenvalue weighted by molar-refractivity contribution is 6.01. The van der Waals surface area contributed by atoms with E-state index in [1.54, 1.807) is 24.3 Å². The molecule has 0 aromatic heterocycles. The molecule has 1 atom stereocenters. The number of hydroxylamine groups is 1. The van der Waals surface area contributed by atoms with E-state index in [1.165, 1.54) is 11.6 Å². The van der Waals surface area contributed by atoms with Gasteiger partial charge in [-0.15, -0.1) is 0 Å². The van der Waals surface area contributed by atoms with E-state index in [9.17, 15) is 9.59 Å².